The standard InChI is InChI=1S/C10H17N5/c11-14-9(10-12-7-13-15-10)8-5-3-1-2-4-6-8/h5,7,9,14H,1-4,6,11H2,(H,12,13,15). The maximum absolute atomic E-state index is 5.57. The van der Waals surface area contributed by atoms with Crippen molar-refractivity contribution in [2.75, 3.05) is 0 Å². The van der Waals surface area contributed by atoms with Gasteiger partial charge in [-0.2, -0.15) is 5.10 Å². The molecular weight excluding hydrogens is 190 g/mol. The third kappa shape index (κ3) is 2.43. The molecule has 1 aliphatic carbocycles. The molecule has 0 saturated heterocycles. The quantitative estimate of drug-likeness (QED) is 0.395. The highest BCUT2D eigenvalue weighted by Gasteiger charge is 2.18. The Morgan fingerprint density at radius 2 is 2.33 bits per heavy atom. The average Bonchev–Trinajstić information content (AvgIpc) is 2.63. The zero-order valence-corrected chi connectivity index (χ0v) is 8.74. The summed E-state index contributed by atoms with van der Waals surface area (Å²) in [6.45, 7) is 0. The summed E-state index contributed by atoms with van der Waals surface area (Å²) in [4.78, 5) is 4.14. The molecule has 0 aromatic carbocycles. The van der Waals surface area contributed by atoms with Gasteiger partial charge in [0.2, 0.25) is 0 Å². The van der Waals surface area contributed by atoms with E-state index in [1.54, 1.807) is 0 Å². The van der Waals surface area contributed by atoms with Crippen LogP contribution in [0.2, 0.25) is 0 Å². The maximum Gasteiger partial charge on any atom is 0.146 e. The highest BCUT2D eigenvalue weighted by molar-refractivity contribution is 5.17. The van der Waals surface area contributed by atoms with E-state index >= 15 is 0 Å². The number of nitrogens with zero attached hydrogens (tertiary/aromatic N) is 2. The SMILES string of the molecule is NNC(C1=CCCCCC1)c1ncn[nH]1. The molecule has 1 aromatic heterocycles. The molecule has 0 saturated carbocycles. The first-order chi connectivity index (χ1) is 7.42. The fourth-order valence-electron chi connectivity index (χ4n) is 2.02. The van der Waals surface area contributed by atoms with Crippen molar-refractivity contribution in [1.82, 2.24) is 20.6 Å². The summed E-state index contributed by atoms with van der Waals surface area (Å²) in [5.41, 5.74) is 4.13. The Bertz CT molecular complexity index is 317. The van der Waals surface area contributed by atoms with Gasteiger partial charge >= 0.3 is 0 Å². The first kappa shape index (κ1) is 10.3. The van der Waals surface area contributed by atoms with Gasteiger partial charge in [-0.15, -0.1) is 0 Å². The molecule has 1 atom stereocenters. The van der Waals surface area contributed by atoms with Crippen molar-refractivity contribution < 1.29 is 0 Å². The normalized spacial score (nSPS) is 19.4. The van der Waals surface area contributed by atoms with E-state index in [-0.39, 0.29) is 6.04 Å². The van der Waals surface area contributed by atoms with Crippen LogP contribution in [0.4, 0.5) is 0 Å². The van der Waals surface area contributed by atoms with Gasteiger partial charge in [-0.3, -0.25) is 10.9 Å². The van der Waals surface area contributed by atoms with Gasteiger partial charge in [-0.05, 0) is 31.3 Å². The topological polar surface area (TPSA) is 79.6 Å². The van der Waals surface area contributed by atoms with Gasteiger partial charge in [0.25, 0.3) is 0 Å². The van der Waals surface area contributed by atoms with Gasteiger partial charge in [0.1, 0.15) is 18.2 Å². The minimum Gasteiger partial charge on any atom is -0.270 e. The summed E-state index contributed by atoms with van der Waals surface area (Å²) in [6.07, 6.45) is 9.83. The van der Waals surface area contributed by atoms with Crippen LogP contribution in [0.1, 0.15) is 44.0 Å². The second-order valence-electron chi connectivity index (χ2n) is 3.85. The predicted molar refractivity (Wildman–Crippen MR) is 57.6 cm³/mol. The summed E-state index contributed by atoms with van der Waals surface area (Å²) < 4.78 is 0. The molecule has 1 heterocycles. The Morgan fingerprint density at radius 3 is 3.07 bits per heavy atom. The Balaban J connectivity index is 2.15. The lowest BCUT2D eigenvalue weighted by atomic mass is 10.0. The van der Waals surface area contributed by atoms with E-state index in [2.05, 4.69) is 26.7 Å². The largest absolute Gasteiger partial charge is 0.270 e. The van der Waals surface area contributed by atoms with Gasteiger partial charge < -0.3 is 0 Å². The highest BCUT2D eigenvalue weighted by Crippen LogP contribution is 2.26. The Labute approximate surface area is 89.1 Å². The minimum atomic E-state index is -0.00870. The Kier molecular flexibility index (Phi) is 3.47. The van der Waals surface area contributed by atoms with Crippen molar-refractivity contribution in [1.29, 1.82) is 0 Å². The van der Waals surface area contributed by atoms with Gasteiger partial charge in [0.05, 0.1) is 0 Å². The molecule has 4 N–H and O–H groups in total. The highest BCUT2D eigenvalue weighted by atomic mass is 15.3. The lowest BCUT2D eigenvalue weighted by molar-refractivity contribution is 0.567. The molecule has 0 fully saturated rings. The van der Waals surface area contributed by atoms with Crippen molar-refractivity contribution >= 4 is 0 Å². The van der Waals surface area contributed by atoms with Crippen molar-refractivity contribution in [2.45, 2.75) is 38.1 Å². The summed E-state index contributed by atoms with van der Waals surface area (Å²) in [7, 11) is 0. The third-order valence-electron chi connectivity index (χ3n) is 2.82. The molecule has 2 rings (SSSR count). The summed E-state index contributed by atoms with van der Waals surface area (Å²) in [5.74, 6) is 6.36. The summed E-state index contributed by atoms with van der Waals surface area (Å²) in [5, 5.41) is 6.71. The molecule has 0 radical (unpaired) electrons. The molecule has 0 spiro atoms. The van der Waals surface area contributed by atoms with E-state index in [0.717, 1.165) is 18.7 Å². The number of allylic oxidation sites excluding steroid dienone is 1. The number of nitrogens with two attached hydrogens (primary N) is 1. The number of rotatable bonds is 3. The Hall–Kier alpha value is -1.20. The molecule has 0 amide bonds. The molecule has 1 unspecified atom stereocenters. The van der Waals surface area contributed by atoms with Crippen LogP contribution in [0.25, 0.3) is 0 Å². The molecule has 0 bridgehead atoms. The number of hydrogen-bond acceptors (Lipinski definition) is 4. The lowest BCUT2D eigenvalue weighted by Crippen LogP contribution is -2.30. The fourth-order valence-corrected chi connectivity index (χ4v) is 2.02. The summed E-state index contributed by atoms with van der Waals surface area (Å²) in [6, 6.07) is -0.00870. The van der Waals surface area contributed by atoms with Crippen LogP contribution in [0.3, 0.4) is 0 Å². The maximum atomic E-state index is 5.57. The zero-order chi connectivity index (χ0) is 10.5. The molecule has 0 aliphatic heterocycles. The number of H-pyrrole nitrogens is 1. The van der Waals surface area contributed by atoms with E-state index < -0.39 is 0 Å². The number of hydrogen-bond donors (Lipinski definition) is 3. The third-order valence-corrected chi connectivity index (χ3v) is 2.82. The van der Waals surface area contributed by atoms with Crippen LogP contribution in [-0.2, 0) is 0 Å². The number of aromatic nitrogens is 3. The monoisotopic (exact) mass is 207 g/mol. The van der Waals surface area contributed by atoms with E-state index in [1.807, 2.05) is 0 Å². The van der Waals surface area contributed by atoms with Crippen molar-refractivity contribution in [3.63, 3.8) is 0 Å². The minimum absolute atomic E-state index is 0.00870. The van der Waals surface area contributed by atoms with Crippen LogP contribution < -0.4 is 11.3 Å². The smallest absolute Gasteiger partial charge is 0.146 e. The second kappa shape index (κ2) is 5.04. The molecule has 15 heavy (non-hydrogen) atoms. The van der Waals surface area contributed by atoms with Gasteiger partial charge in [0, 0.05) is 0 Å². The van der Waals surface area contributed by atoms with Crippen LogP contribution in [-0.4, -0.2) is 15.2 Å². The molecule has 82 valence electrons. The van der Waals surface area contributed by atoms with Crippen LogP contribution in [0.5, 0.6) is 0 Å². The predicted octanol–water partition coefficient (Wildman–Crippen LogP) is 1.20. The molecule has 1 aliphatic rings. The van der Waals surface area contributed by atoms with Crippen LogP contribution in [0, 0.1) is 0 Å². The number of nitrogens with one attached hydrogen (secondary N) is 2. The van der Waals surface area contributed by atoms with E-state index in [4.69, 9.17) is 5.84 Å². The zero-order valence-electron chi connectivity index (χ0n) is 8.74. The fraction of sp³-hybridized carbons (Fsp3) is 0.600. The molecule has 5 nitrogen and oxygen atoms in total. The van der Waals surface area contributed by atoms with Crippen LogP contribution in [0.15, 0.2) is 18.0 Å². The molecule has 1 aromatic rings. The molecular formula is C10H17N5. The lowest BCUT2D eigenvalue weighted by Gasteiger charge is -2.16. The first-order valence-corrected chi connectivity index (χ1v) is 5.42. The van der Waals surface area contributed by atoms with Gasteiger partial charge in [0.15, 0.2) is 0 Å². The molecule has 5 heteroatoms. The van der Waals surface area contributed by atoms with Gasteiger partial charge in [-0.25, -0.2) is 10.4 Å². The first-order valence-electron chi connectivity index (χ1n) is 5.42. The number of hydrazine groups is 1. The Morgan fingerprint density at radius 1 is 1.40 bits per heavy atom. The van der Waals surface area contributed by atoms with Crippen molar-refractivity contribution in [3.8, 4) is 0 Å². The van der Waals surface area contributed by atoms with Crippen LogP contribution >= 0.6 is 0 Å². The summed E-state index contributed by atoms with van der Waals surface area (Å²) >= 11 is 0. The van der Waals surface area contributed by atoms with E-state index in [0.29, 0.717) is 0 Å². The van der Waals surface area contributed by atoms with Crippen molar-refractivity contribution in [3.05, 3.63) is 23.8 Å². The van der Waals surface area contributed by atoms with E-state index in [9.17, 15) is 0 Å². The van der Waals surface area contributed by atoms with Crippen molar-refractivity contribution in [2.24, 2.45) is 5.84 Å². The van der Waals surface area contributed by atoms with Gasteiger partial charge in [-0.1, -0.05) is 12.5 Å². The average molecular weight is 207 g/mol. The van der Waals surface area contributed by atoms with E-state index in [1.165, 1.54) is 31.2 Å². The second-order valence-corrected chi connectivity index (χ2v) is 3.85. The number of aromatic amines is 1.